The van der Waals surface area contributed by atoms with Gasteiger partial charge in [0.25, 0.3) is 0 Å². The van der Waals surface area contributed by atoms with E-state index < -0.39 is 0 Å². The van der Waals surface area contributed by atoms with Crippen LogP contribution in [0.4, 0.5) is 0 Å². The molecule has 3 heteroatoms. The van der Waals surface area contributed by atoms with Gasteiger partial charge in [0.1, 0.15) is 5.94 Å². The van der Waals surface area contributed by atoms with Crippen LogP contribution in [0, 0.1) is 5.94 Å². The maximum absolute atomic E-state index is 8.74. The van der Waals surface area contributed by atoms with Crippen molar-refractivity contribution in [1.82, 2.24) is 0 Å². The third kappa shape index (κ3) is 1.67. The van der Waals surface area contributed by atoms with Crippen molar-refractivity contribution in [2.75, 3.05) is 12.4 Å². The maximum Gasteiger partial charge on any atom is 0.139 e. The highest BCUT2D eigenvalue weighted by Gasteiger charge is 2.09. The summed E-state index contributed by atoms with van der Waals surface area (Å²) < 4.78 is 4.77. The number of thioether (sulfide) groups is 1. The number of ether oxygens (including phenoxy) is 1. The zero-order valence-corrected chi connectivity index (χ0v) is 4.65. The summed E-state index contributed by atoms with van der Waals surface area (Å²) in [5.74, 6) is 2.44. The Morgan fingerprint density at radius 2 is 2.71 bits per heavy atom. The molecule has 1 rings (SSSR count). The normalized spacial score (nSPS) is 33.0. The fourth-order valence-corrected chi connectivity index (χ4v) is 0.969. The highest BCUT2D eigenvalue weighted by atomic mass is 32.2. The molecule has 1 aliphatic heterocycles. The first-order valence-corrected chi connectivity index (χ1v) is 3.17. The Morgan fingerprint density at radius 1 is 1.86 bits per heavy atom. The van der Waals surface area contributed by atoms with Crippen LogP contribution in [0.3, 0.4) is 0 Å². The molecule has 1 heterocycles. The molecule has 0 aliphatic carbocycles. The van der Waals surface area contributed by atoms with Crippen LogP contribution in [-0.4, -0.2) is 23.6 Å². The number of aliphatic hydroxyl groups excluding tert-OH is 1. The molecule has 1 fully saturated rings. The van der Waals surface area contributed by atoms with Gasteiger partial charge in [-0.3, -0.25) is 0 Å². The highest BCUT2D eigenvalue weighted by Crippen LogP contribution is 2.13. The van der Waals surface area contributed by atoms with Gasteiger partial charge in [-0.15, -0.1) is 11.8 Å². The van der Waals surface area contributed by atoms with E-state index in [0.717, 1.165) is 5.75 Å². The Kier molecular flexibility index (Phi) is 1.97. The number of hydrogen-bond donors (Lipinski definition) is 1. The number of hydrogen-bond acceptors (Lipinski definition) is 3. The summed E-state index contributed by atoms with van der Waals surface area (Å²) in [5.41, 5.74) is 0. The van der Waals surface area contributed by atoms with Crippen molar-refractivity contribution in [2.45, 2.75) is 6.10 Å². The molecule has 1 radical (unpaired) electrons. The van der Waals surface area contributed by atoms with Crippen LogP contribution in [0.15, 0.2) is 0 Å². The van der Waals surface area contributed by atoms with E-state index in [1.165, 1.54) is 11.8 Å². The Labute approximate surface area is 46.9 Å². The van der Waals surface area contributed by atoms with Crippen LogP contribution in [0.5, 0.6) is 0 Å². The van der Waals surface area contributed by atoms with E-state index in [1.807, 2.05) is 0 Å². The van der Waals surface area contributed by atoms with Crippen LogP contribution in [-0.2, 0) is 4.74 Å². The molecular formula is C4H7O2S. The van der Waals surface area contributed by atoms with Crippen molar-refractivity contribution in [3.63, 3.8) is 0 Å². The SMILES string of the molecule is OC1CO[CH]SC1. The van der Waals surface area contributed by atoms with Gasteiger partial charge in [-0.2, -0.15) is 0 Å². The molecule has 0 bridgehead atoms. The lowest BCUT2D eigenvalue weighted by Crippen LogP contribution is -2.20. The summed E-state index contributed by atoms with van der Waals surface area (Å²) >= 11 is 1.51. The minimum Gasteiger partial charge on any atom is -0.390 e. The lowest BCUT2D eigenvalue weighted by Gasteiger charge is -2.14. The first-order valence-electron chi connectivity index (χ1n) is 2.12. The Balaban J connectivity index is 2.12. The quantitative estimate of drug-likeness (QED) is 0.495. The van der Waals surface area contributed by atoms with Gasteiger partial charge in [0.15, 0.2) is 0 Å². The van der Waals surface area contributed by atoms with E-state index in [9.17, 15) is 0 Å². The average molecular weight is 119 g/mol. The molecule has 1 saturated heterocycles. The second-order valence-electron chi connectivity index (χ2n) is 1.42. The second-order valence-corrected chi connectivity index (χ2v) is 2.28. The molecule has 0 saturated carbocycles. The summed E-state index contributed by atoms with van der Waals surface area (Å²) in [6.45, 7) is 0.465. The minimum atomic E-state index is -0.255. The van der Waals surface area contributed by atoms with Crippen molar-refractivity contribution >= 4 is 11.8 Å². The maximum atomic E-state index is 8.74. The zero-order valence-electron chi connectivity index (χ0n) is 3.83. The molecule has 1 aliphatic rings. The number of rotatable bonds is 0. The molecule has 1 unspecified atom stereocenters. The van der Waals surface area contributed by atoms with E-state index in [4.69, 9.17) is 9.84 Å². The van der Waals surface area contributed by atoms with Gasteiger partial charge in [0, 0.05) is 5.75 Å². The standard InChI is InChI=1S/C4H7O2S/c5-4-1-6-3-7-2-4/h3-5H,1-2H2. The fraction of sp³-hybridized carbons (Fsp3) is 0.750. The highest BCUT2D eigenvalue weighted by molar-refractivity contribution is 8.01. The summed E-state index contributed by atoms with van der Waals surface area (Å²) in [7, 11) is 0. The molecule has 1 N–H and O–H groups in total. The second kappa shape index (κ2) is 2.55. The molecule has 0 aromatic heterocycles. The van der Waals surface area contributed by atoms with Gasteiger partial charge in [0.05, 0.1) is 12.7 Å². The summed E-state index contributed by atoms with van der Waals surface area (Å²) in [5, 5.41) is 8.74. The van der Waals surface area contributed by atoms with Crippen LogP contribution < -0.4 is 0 Å². The first kappa shape index (κ1) is 5.41. The summed E-state index contributed by atoms with van der Waals surface area (Å²) in [6.07, 6.45) is -0.255. The fourth-order valence-electron chi connectivity index (χ4n) is 0.397. The third-order valence-electron chi connectivity index (χ3n) is 0.713. The topological polar surface area (TPSA) is 29.5 Å². The van der Waals surface area contributed by atoms with E-state index in [1.54, 1.807) is 5.94 Å². The van der Waals surface area contributed by atoms with Crippen LogP contribution in [0.2, 0.25) is 0 Å². The molecule has 1 atom stereocenters. The largest absolute Gasteiger partial charge is 0.390 e. The van der Waals surface area contributed by atoms with Crippen LogP contribution in [0.25, 0.3) is 0 Å². The summed E-state index contributed by atoms with van der Waals surface area (Å²) in [4.78, 5) is 0. The van der Waals surface area contributed by atoms with E-state index in [0.29, 0.717) is 6.61 Å². The van der Waals surface area contributed by atoms with Crippen molar-refractivity contribution < 1.29 is 9.84 Å². The van der Waals surface area contributed by atoms with Gasteiger partial charge in [0.2, 0.25) is 0 Å². The van der Waals surface area contributed by atoms with Crippen LogP contribution >= 0.6 is 11.8 Å². The van der Waals surface area contributed by atoms with E-state index in [2.05, 4.69) is 0 Å². The predicted octanol–water partition coefficient (Wildman–Crippen LogP) is 0.230. The molecular weight excluding hydrogens is 112 g/mol. The van der Waals surface area contributed by atoms with Crippen molar-refractivity contribution in [3.05, 3.63) is 5.94 Å². The molecule has 0 spiro atoms. The molecule has 0 aromatic carbocycles. The van der Waals surface area contributed by atoms with Gasteiger partial charge in [-0.1, -0.05) is 0 Å². The molecule has 0 aromatic rings. The van der Waals surface area contributed by atoms with Gasteiger partial charge in [-0.05, 0) is 0 Å². The average Bonchev–Trinajstić information content (AvgIpc) is 1.69. The van der Waals surface area contributed by atoms with E-state index >= 15 is 0 Å². The van der Waals surface area contributed by atoms with Crippen LogP contribution in [0.1, 0.15) is 0 Å². The Morgan fingerprint density at radius 3 is 3.00 bits per heavy atom. The minimum absolute atomic E-state index is 0.255. The van der Waals surface area contributed by atoms with Gasteiger partial charge >= 0.3 is 0 Å². The Bertz CT molecular complexity index is 51.7. The monoisotopic (exact) mass is 119 g/mol. The molecule has 0 amide bonds. The van der Waals surface area contributed by atoms with Gasteiger partial charge < -0.3 is 9.84 Å². The first-order chi connectivity index (χ1) is 3.39. The van der Waals surface area contributed by atoms with Crippen molar-refractivity contribution in [3.8, 4) is 0 Å². The van der Waals surface area contributed by atoms with Crippen molar-refractivity contribution in [1.29, 1.82) is 0 Å². The molecule has 2 nitrogen and oxygen atoms in total. The lowest BCUT2D eigenvalue weighted by molar-refractivity contribution is 0.0854. The van der Waals surface area contributed by atoms with Gasteiger partial charge in [-0.25, -0.2) is 0 Å². The summed E-state index contributed by atoms with van der Waals surface area (Å²) in [6, 6.07) is 0. The van der Waals surface area contributed by atoms with E-state index in [-0.39, 0.29) is 6.10 Å². The molecule has 7 heavy (non-hydrogen) atoms. The number of aliphatic hydroxyl groups is 1. The zero-order chi connectivity index (χ0) is 5.11. The smallest absolute Gasteiger partial charge is 0.139 e. The third-order valence-corrected chi connectivity index (χ3v) is 1.56. The molecule has 41 valence electrons. The Hall–Kier alpha value is 0.270. The van der Waals surface area contributed by atoms with Crippen molar-refractivity contribution in [2.24, 2.45) is 0 Å². The predicted molar refractivity (Wildman–Crippen MR) is 28.7 cm³/mol. The lowest BCUT2D eigenvalue weighted by atomic mass is 10.4.